The van der Waals surface area contributed by atoms with Crippen molar-refractivity contribution >= 4 is 36.0 Å². The molecule has 0 fully saturated rings. The van der Waals surface area contributed by atoms with E-state index >= 15 is 0 Å². The molecule has 52 valence electrons. The lowest BCUT2D eigenvalue weighted by Gasteiger charge is -2.02. The quantitative estimate of drug-likeness (QED) is 0.394. The lowest BCUT2D eigenvalue weighted by atomic mass is 10.0. The minimum absolute atomic E-state index is 0.848. The molecule has 0 aliphatic carbocycles. The Labute approximate surface area is 74.5 Å². The highest BCUT2D eigenvalue weighted by Crippen LogP contribution is 2.05. The fraction of sp³-hybridized carbons (Fsp3) is 0.167. The molecule has 1 aromatic rings. The van der Waals surface area contributed by atoms with Crippen molar-refractivity contribution in [3.63, 3.8) is 0 Å². The van der Waals surface area contributed by atoms with E-state index < -0.39 is 0 Å². The van der Waals surface area contributed by atoms with Gasteiger partial charge in [-0.1, -0.05) is 0 Å². The van der Waals surface area contributed by atoms with Gasteiger partial charge in [-0.25, -0.2) is 0 Å². The van der Waals surface area contributed by atoms with E-state index in [2.05, 4.69) is 27.6 Å². The fourth-order valence-electron chi connectivity index (χ4n) is 0.733. The molecule has 0 unspecified atom stereocenters. The second kappa shape index (κ2) is 3.23. The summed E-state index contributed by atoms with van der Waals surface area (Å²) < 4.78 is 6.03. The van der Waals surface area contributed by atoms with Gasteiger partial charge in [0, 0.05) is 5.59 Å². The molecule has 0 saturated heterocycles. The first-order valence-corrected chi connectivity index (χ1v) is 3.99. The second-order valence-electron chi connectivity index (χ2n) is 1.92. The topological polar surface area (TPSA) is 22.1 Å². The molecule has 0 N–H and O–H groups in total. The highest BCUT2D eigenvalue weighted by molar-refractivity contribution is 14.1. The van der Waals surface area contributed by atoms with Gasteiger partial charge in [-0.3, -0.25) is 4.98 Å². The van der Waals surface area contributed by atoms with Crippen molar-refractivity contribution in [2.24, 2.45) is 0 Å². The Bertz CT molecular complexity index is 241. The number of hydrogen-bond donors (Lipinski definition) is 0. The first kappa shape index (κ1) is 7.85. The van der Waals surface area contributed by atoms with Crippen molar-refractivity contribution in [2.75, 3.05) is 7.11 Å². The lowest BCUT2D eigenvalue weighted by molar-refractivity contribution is 0.416. The Balaban J connectivity index is 3.07. The Morgan fingerprint density at radius 3 is 2.80 bits per heavy atom. The predicted molar refractivity (Wildman–Crippen MR) is 51.7 cm³/mol. The lowest BCUT2D eigenvalue weighted by Crippen LogP contribution is -2.12. The molecule has 1 rings (SSSR count). The summed E-state index contributed by atoms with van der Waals surface area (Å²) in [6.07, 6.45) is 0. The number of halogens is 1. The van der Waals surface area contributed by atoms with Crippen LogP contribution >= 0.6 is 22.6 Å². The largest absolute Gasteiger partial charge is 0.496 e. The SMILES string of the molecule is Bc1nc(I)ccc1OC. The Morgan fingerprint density at radius 1 is 1.60 bits per heavy atom. The zero-order chi connectivity index (χ0) is 7.56. The smallest absolute Gasteiger partial charge is 0.169 e. The molecule has 0 saturated carbocycles. The minimum Gasteiger partial charge on any atom is -0.496 e. The third kappa shape index (κ3) is 1.62. The van der Waals surface area contributed by atoms with Crippen molar-refractivity contribution in [1.82, 2.24) is 4.98 Å². The number of nitrogens with zero attached hydrogens (tertiary/aromatic N) is 1. The predicted octanol–water partition coefficient (Wildman–Crippen LogP) is -0.0468. The van der Waals surface area contributed by atoms with E-state index in [1.54, 1.807) is 7.11 Å². The van der Waals surface area contributed by atoms with E-state index in [1.165, 1.54) is 0 Å². The van der Waals surface area contributed by atoms with Crippen LogP contribution in [0.5, 0.6) is 5.75 Å². The average Bonchev–Trinajstić information content (AvgIpc) is 1.88. The van der Waals surface area contributed by atoms with Crippen LogP contribution in [0.3, 0.4) is 0 Å². The molecular formula is C6H7BINO. The summed E-state index contributed by atoms with van der Waals surface area (Å²) in [5.41, 5.74) is 0.939. The van der Waals surface area contributed by atoms with Gasteiger partial charge in [0.1, 0.15) is 9.45 Å². The van der Waals surface area contributed by atoms with E-state index in [4.69, 9.17) is 4.74 Å². The van der Waals surface area contributed by atoms with Gasteiger partial charge in [0.05, 0.1) is 7.11 Å². The zero-order valence-corrected chi connectivity index (χ0v) is 8.05. The van der Waals surface area contributed by atoms with Crippen molar-refractivity contribution in [1.29, 1.82) is 0 Å². The van der Waals surface area contributed by atoms with Crippen LogP contribution in [0.4, 0.5) is 0 Å². The van der Waals surface area contributed by atoms with Crippen LogP contribution in [0, 0.1) is 3.70 Å². The average molecular weight is 247 g/mol. The maximum atomic E-state index is 5.03. The van der Waals surface area contributed by atoms with E-state index in [-0.39, 0.29) is 0 Å². The summed E-state index contributed by atoms with van der Waals surface area (Å²) >= 11 is 2.17. The summed E-state index contributed by atoms with van der Waals surface area (Å²) in [6, 6.07) is 3.84. The summed E-state index contributed by atoms with van der Waals surface area (Å²) in [5.74, 6) is 0.848. The van der Waals surface area contributed by atoms with Gasteiger partial charge >= 0.3 is 0 Å². The van der Waals surface area contributed by atoms with Crippen molar-refractivity contribution in [3.05, 3.63) is 15.8 Å². The molecule has 0 radical (unpaired) electrons. The Kier molecular flexibility index (Phi) is 2.53. The molecule has 1 aromatic heterocycles. The summed E-state index contributed by atoms with van der Waals surface area (Å²) in [5, 5.41) is 0. The molecule has 1 heterocycles. The molecular weight excluding hydrogens is 240 g/mol. The van der Waals surface area contributed by atoms with Crippen LogP contribution in [0.1, 0.15) is 0 Å². The molecule has 0 aliphatic heterocycles. The molecule has 2 nitrogen and oxygen atoms in total. The first-order valence-electron chi connectivity index (χ1n) is 2.91. The van der Waals surface area contributed by atoms with Crippen LogP contribution in [0.25, 0.3) is 0 Å². The van der Waals surface area contributed by atoms with Crippen molar-refractivity contribution < 1.29 is 4.74 Å². The molecule has 0 spiro atoms. The second-order valence-corrected chi connectivity index (χ2v) is 3.03. The zero-order valence-electron chi connectivity index (χ0n) is 5.89. The van der Waals surface area contributed by atoms with Crippen LogP contribution in [-0.2, 0) is 0 Å². The Hall–Kier alpha value is -0.255. The standard InChI is InChI=1S/C6H7BINO/c1-10-4-2-3-5(8)9-6(4)7/h2-3H,7H2,1H3. The van der Waals surface area contributed by atoms with Gasteiger partial charge < -0.3 is 4.74 Å². The maximum Gasteiger partial charge on any atom is 0.169 e. The molecule has 10 heavy (non-hydrogen) atoms. The van der Waals surface area contributed by atoms with Crippen LogP contribution in [0.2, 0.25) is 0 Å². The molecule has 0 aromatic carbocycles. The maximum absolute atomic E-state index is 5.03. The first-order chi connectivity index (χ1) is 4.74. The van der Waals surface area contributed by atoms with Gasteiger partial charge in [-0.2, -0.15) is 0 Å². The Morgan fingerprint density at radius 2 is 2.30 bits per heavy atom. The number of pyridine rings is 1. The van der Waals surface area contributed by atoms with E-state index in [1.807, 2.05) is 20.0 Å². The molecule has 0 aliphatic rings. The fourth-order valence-corrected chi connectivity index (χ4v) is 1.27. The minimum atomic E-state index is 0.848. The van der Waals surface area contributed by atoms with Gasteiger partial charge in [0.25, 0.3) is 0 Å². The third-order valence-electron chi connectivity index (χ3n) is 1.22. The third-order valence-corrected chi connectivity index (χ3v) is 1.82. The number of hydrogen-bond acceptors (Lipinski definition) is 2. The molecule has 0 amide bonds. The van der Waals surface area contributed by atoms with Crippen LogP contribution in [0.15, 0.2) is 12.1 Å². The molecule has 0 atom stereocenters. The molecule has 0 bridgehead atoms. The van der Waals surface area contributed by atoms with Gasteiger partial charge in [0.15, 0.2) is 7.85 Å². The van der Waals surface area contributed by atoms with Crippen LogP contribution in [-0.4, -0.2) is 19.9 Å². The number of aromatic nitrogens is 1. The number of rotatable bonds is 1. The van der Waals surface area contributed by atoms with E-state index in [0.717, 1.165) is 15.0 Å². The number of ether oxygens (including phenoxy) is 1. The highest BCUT2D eigenvalue weighted by atomic mass is 127. The summed E-state index contributed by atoms with van der Waals surface area (Å²) in [7, 11) is 3.58. The number of methoxy groups -OCH3 is 1. The summed E-state index contributed by atoms with van der Waals surface area (Å²) in [4.78, 5) is 4.21. The van der Waals surface area contributed by atoms with Crippen molar-refractivity contribution in [3.8, 4) is 5.75 Å². The van der Waals surface area contributed by atoms with Crippen molar-refractivity contribution in [2.45, 2.75) is 0 Å². The van der Waals surface area contributed by atoms with E-state index in [9.17, 15) is 0 Å². The summed E-state index contributed by atoms with van der Waals surface area (Å²) in [6.45, 7) is 0. The normalized spacial score (nSPS) is 9.40. The van der Waals surface area contributed by atoms with Crippen LogP contribution < -0.4 is 10.3 Å². The van der Waals surface area contributed by atoms with E-state index in [0.29, 0.717) is 0 Å². The van der Waals surface area contributed by atoms with Gasteiger partial charge in [-0.15, -0.1) is 0 Å². The van der Waals surface area contributed by atoms with Gasteiger partial charge in [-0.05, 0) is 34.7 Å². The highest BCUT2D eigenvalue weighted by Gasteiger charge is 1.97. The monoisotopic (exact) mass is 247 g/mol. The molecule has 4 heteroatoms. The van der Waals surface area contributed by atoms with Gasteiger partial charge in [0.2, 0.25) is 0 Å².